The number of rotatable bonds is 1. The molecule has 0 saturated carbocycles. The van der Waals surface area contributed by atoms with Crippen molar-refractivity contribution in [1.29, 1.82) is 0 Å². The van der Waals surface area contributed by atoms with E-state index in [4.69, 9.17) is 5.73 Å². The van der Waals surface area contributed by atoms with Crippen molar-refractivity contribution in [3.05, 3.63) is 29.3 Å². The summed E-state index contributed by atoms with van der Waals surface area (Å²) in [6, 6.07) is 6.32. The van der Waals surface area contributed by atoms with E-state index in [-0.39, 0.29) is 24.8 Å². The van der Waals surface area contributed by atoms with Gasteiger partial charge in [-0.25, -0.2) is 0 Å². The highest BCUT2D eigenvalue weighted by molar-refractivity contribution is 5.85. The van der Waals surface area contributed by atoms with Crippen LogP contribution in [-0.2, 0) is 13.0 Å². The Kier molecular flexibility index (Phi) is 5.93. The molecule has 4 heteroatoms. The minimum atomic E-state index is 0. The van der Waals surface area contributed by atoms with Crippen LogP contribution < -0.4 is 11.1 Å². The first kappa shape index (κ1) is 13.6. The fourth-order valence-electron chi connectivity index (χ4n) is 1.77. The van der Waals surface area contributed by atoms with Gasteiger partial charge >= 0.3 is 0 Å². The molecule has 0 unspecified atom stereocenters. The normalized spacial score (nSPS) is 12.9. The molecule has 2 nitrogen and oxygen atoms in total. The van der Waals surface area contributed by atoms with Gasteiger partial charge in [-0.05, 0) is 30.0 Å². The van der Waals surface area contributed by atoms with Crippen molar-refractivity contribution in [2.45, 2.75) is 19.4 Å². The first-order valence-electron chi connectivity index (χ1n) is 4.46. The molecule has 1 aromatic carbocycles. The van der Waals surface area contributed by atoms with Crippen LogP contribution in [0.4, 0.5) is 5.69 Å². The van der Waals surface area contributed by atoms with Gasteiger partial charge in [0.15, 0.2) is 0 Å². The van der Waals surface area contributed by atoms with E-state index in [1.165, 1.54) is 29.7 Å². The van der Waals surface area contributed by atoms with Crippen molar-refractivity contribution in [3.8, 4) is 0 Å². The van der Waals surface area contributed by atoms with Crippen LogP contribution in [0.15, 0.2) is 18.2 Å². The summed E-state index contributed by atoms with van der Waals surface area (Å²) in [7, 11) is 0. The maximum absolute atomic E-state index is 5.65. The summed E-state index contributed by atoms with van der Waals surface area (Å²) in [4.78, 5) is 0. The third-order valence-electron chi connectivity index (χ3n) is 2.41. The predicted octanol–water partition coefficient (Wildman–Crippen LogP) is 2.35. The Labute approximate surface area is 97.1 Å². The van der Waals surface area contributed by atoms with Gasteiger partial charge in [0.05, 0.1) is 0 Å². The summed E-state index contributed by atoms with van der Waals surface area (Å²) in [6.45, 7) is 1.76. The fourth-order valence-corrected chi connectivity index (χ4v) is 1.77. The maximum Gasteiger partial charge on any atom is 0.0375 e. The molecule has 1 aromatic rings. The average molecular weight is 235 g/mol. The summed E-state index contributed by atoms with van der Waals surface area (Å²) in [5, 5.41) is 3.38. The lowest BCUT2D eigenvalue weighted by molar-refractivity contribution is 0.814. The molecule has 1 aliphatic rings. The minimum Gasteiger partial charge on any atom is -0.385 e. The second-order valence-electron chi connectivity index (χ2n) is 3.18. The van der Waals surface area contributed by atoms with E-state index < -0.39 is 0 Å². The van der Waals surface area contributed by atoms with Crippen LogP contribution in [0, 0.1) is 0 Å². The molecule has 80 valence electrons. The van der Waals surface area contributed by atoms with E-state index in [1.54, 1.807) is 0 Å². The summed E-state index contributed by atoms with van der Waals surface area (Å²) >= 11 is 0. The lowest BCUT2D eigenvalue weighted by atomic mass is 9.98. The largest absolute Gasteiger partial charge is 0.385 e. The Morgan fingerprint density at radius 1 is 1.29 bits per heavy atom. The average Bonchev–Trinajstić information content (AvgIpc) is 2.17. The molecule has 0 aliphatic carbocycles. The number of fused-ring (bicyclic) bond motifs is 1. The molecule has 0 fully saturated rings. The van der Waals surface area contributed by atoms with Crippen LogP contribution in [-0.4, -0.2) is 6.54 Å². The molecular formula is C10H16Cl2N2. The summed E-state index contributed by atoms with van der Waals surface area (Å²) < 4.78 is 0. The zero-order valence-electron chi connectivity index (χ0n) is 7.95. The van der Waals surface area contributed by atoms with E-state index >= 15 is 0 Å². The maximum atomic E-state index is 5.65. The molecule has 0 bridgehead atoms. The molecule has 0 aromatic heterocycles. The van der Waals surface area contributed by atoms with Gasteiger partial charge in [-0.1, -0.05) is 12.1 Å². The van der Waals surface area contributed by atoms with Crippen LogP contribution in [0.5, 0.6) is 0 Å². The molecule has 0 amide bonds. The molecule has 0 spiro atoms. The Bertz CT molecular complexity index is 275. The quantitative estimate of drug-likeness (QED) is 0.784. The van der Waals surface area contributed by atoms with Gasteiger partial charge in [-0.2, -0.15) is 0 Å². The molecule has 1 aliphatic heterocycles. The van der Waals surface area contributed by atoms with Crippen molar-refractivity contribution < 1.29 is 0 Å². The highest BCUT2D eigenvalue weighted by atomic mass is 35.5. The van der Waals surface area contributed by atoms with Crippen LogP contribution in [0.2, 0.25) is 0 Å². The van der Waals surface area contributed by atoms with Crippen molar-refractivity contribution in [3.63, 3.8) is 0 Å². The van der Waals surface area contributed by atoms with Gasteiger partial charge in [0.2, 0.25) is 0 Å². The van der Waals surface area contributed by atoms with Gasteiger partial charge in [0.1, 0.15) is 0 Å². The van der Waals surface area contributed by atoms with E-state index in [9.17, 15) is 0 Å². The van der Waals surface area contributed by atoms with Crippen molar-refractivity contribution in [2.75, 3.05) is 11.9 Å². The van der Waals surface area contributed by atoms with Crippen LogP contribution >= 0.6 is 24.8 Å². The standard InChI is InChI=1S/C10H14N2.2ClH/c11-7-8-3-1-5-10-9(8)4-2-6-12-10;;/h1,3,5,12H,2,4,6-7,11H2;2*1H. The highest BCUT2D eigenvalue weighted by Crippen LogP contribution is 2.24. The number of anilines is 1. The van der Waals surface area contributed by atoms with Crippen LogP contribution in [0.3, 0.4) is 0 Å². The van der Waals surface area contributed by atoms with Gasteiger partial charge in [-0.15, -0.1) is 24.8 Å². The molecule has 0 atom stereocenters. The molecule has 2 rings (SSSR count). The number of halogens is 2. The van der Waals surface area contributed by atoms with Gasteiger partial charge in [0, 0.05) is 18.8 Å². The number of hydrogen-bond acceptors (Lipinski definition) is 2. The molecule has 0 saturated heterocycles. The molecule has 1 heterocycles. The second-order valence-corrected chi connectivity index (χ2v) is 3.18. The monoisotopic (exact) mass is 234 g/mol. The SMILES string of the molecule is Cl.Cl.NCc1cccc2c1CCCN2. The van der Waals surface area contributed by atoms with Crippen LogP contribution in [0.25, 0.3) is 0 Å². The minimum absolute atomic E-state index is 0. The Morgan fingerprint density at radius 3 is 2.79 bits per heavy atom. The van der Waals surface area contributed by atoms with E-state index in [0.29, 0.717) is 6.54 Å². The van der Waals surface area contributed by atoms with Gasteiger partial charge in [-0.3, -0.25) is 0 Å². The van der Waals surface area contributed by atoms with Gasteiger partial charge in [0.25, 0.3) is 0 Å². The lowest BCUT2D eigenvalue weighted by Gasteiger charge is -2.20. The smallest absolute Gasteiger partial charge is 0.0375 e. The van der Waals surface area contributed by atoms with E-state index in [0.717, 1.165) is 6.54 Å². The third-order valence-corrected chi connectivity index (χ3v) is 2.41. The summed E-state index contributed by atoms with van der Waals surface area (Å²) in [5.74, 6) is 0. The van der Waals surface area contributed by atoms with Crippen molar-refractivity contribution >= 4 is 30.5 Å². The number of nitrogens with one attached hydrogen (secondary N) is 1. The zero-order chi connectivity index (χ0) is 8.39. The predicted molar refractivity (Wildman–Crippen MR) is 65.6 cm³/mol. The second kappa shape index (κ2) is 6.12. The third kappa shape index (κ3) is 2.53. The molecule has 14 heavy (non-hydrogen) atoms. The Balaban J connectivity index is 0.000000845. The Hall–Kier alpha value is -0.440. The van der Waals surface area contributed by atoms with Crippen LogP contribution in [0.1, 0.15) is 17.5 Å². The Morgan fingerprint density at radius 2 is 2.07 bits per heavy atom. The van der Waals surface area contributed by atoms with Crippen molar-refractivity contribution in [1.82, 2.24) is 0 Å². The first-order valence-corrected chi connectivity index (χ1v) is 4.46. The highest BCUT2D eigenvalue weighted by Gasteiger charge is 2.10. The zero-order valence-corrected chi connectivity index (χ0v) is 9.59. The summed E-state index contributed by atoms with van der Waals surface area (Å²) in [6.07, 6.45) is 2.40. The number of hydrogen-bond donors (Lipinski definition) is 2. The van der Waals surface area contributed by atoms with Crippen molar-refractivity contribution in [2.24, 2.45) is 5.73 Å². The fraction of sp³-hybridized carbons (Fsp3) is 0.400. The van der Waals surface area contributed by atoms with E-state index in [1.807, 2.05) is 0 Å². The molecular weight excluding hydrogens is 219 g/mol. The lowest BCUT2D eigenvalue weighted by Crippen LogP contribution is -2.14. The summed E-state index contributed by atoms with van der Waals surface area (Å²) in [5.41, 5.74) is 9.64. The number of benzene rings is 1. The number of nitrogens with two attached hydrogens (primary N) is 1. The molecule has 0 radical (unpaired) electrons. The van der Waals surface area contributed by atoms with E-state index in [2.05, 4.69) is 23.5 Å². The first-order chi connectivity index (χ1) is 5.92. The topological polar surface area (TPSA) is 38.0 Å². The van der Waals surface area contributed by atoms with Gasteiger partial charge < -0.3 is 11.1 Å². The molecule has 3 N–H and O–H groups in total.